The first-order valence-electron chi connectivity index (χ1n) is 5.90. The zero-order valence-electron chi connectivity index (χ0n) is 10.4. The van der Waals surface area contributed by atoms with Crippen molar-refractivity contribution in [3.05, 3.63) is 11.6 Å². The third-order valence-electron chi connectivity index (χ3n) is 3.69. The van der Waals surface area contributed by atoms with E-state index in [0.29, 0.717) is 18.4 Å². The smallest absolute Gasteiger partial charge is 0.330 e. The van der Waals surface area contributed by atoms with E-state index in [1.807, 2.05) is 0 Å². The summed E-state index contributed by atoms with van der Waals surface area (Å²) in [5.41, 5.74) is -0.799. The number of amides is 4. The molecule has 0 bridgehead atoms. The molecule has 2 atom stereocenters. The van der Waals surface area contributed by atoms with Crippen LogP contribution in [0.5, 0.6) is 0 Å². The minimum Gasteiger partial charge on any atom is -0.389 e. The van der Waals surface area contributed by atoms with E-state index in [4.69, 9.17) is 0 Å². The number of aliphatic hydroxyl groups excluding tert-OH is 1. The van der Waals surface area contributed by atoms with Crippen molar-refractivity contribution in [3.63, 3.8) is 0 Å². The molecule has 6 heteroatoms. The Bertz CT molecular complexity index is 457. The fourth-order valence-electron chi connectivity index (χ4n) is 2.43. The van der Waals surface area contributed by atoms with E-state index < -0.39 is 29.4 Å². The Kier molecular flexibility index (Phi) is 2.98. The number of carbonyl (C=O) groups is 3. The van der Waals surface area contributed by atoms with Crippen LogP contribution in [0.1, 0.15) is 26.2 Å². The molecule has 2 rings (SSSR count). The molecule has 0 saturated carbocycles. The van der Waals surface area contributed by atoms with Crippen molar-refractivity contribution < 1.29 is 19.5 Å². The van der Waals surface area contributed by atoms with Crippen molar-refractivity contribution in [2.75, 3.05) is 7.05 Å². The van der Waals surface area contributed by atoms with E-state index in [1.54, 1.807) is 6.08 Å². The predicted octanol–water partition coefficient (Wildman–Crippen LogP) is 0.172. The summed E-state index contributed by atoms with van der Waals surface area (Å²) in [7, 11) is 1.34. The molecule has 1 unspecified atom stereocenters. The average molecular weight is 252 g/mol. The van der Waals surface area contributed by atoms with Gasteiger partial charge in [-0.25, -0.2) is 4.79 Å². The Hall–Kier alpha value is -1.69. The maximum absolute atomic E-state index is 12.2. The summed E-state index contributed by atoms with van der Waals surface area (Å²) < 4.78 is 0. The van der Waals surface area contributed by atoms with Gasteiger partial charge in [-0.05, 0) is 31.8 Å². The van der Waals surface area contributed by atoms with E-state index in [-0.39, 0.29) is 0 Å². The molecular formula is C12H16N2O4. The lowest BCUT2D eigenvalue weighted by molar-refractivity contribution is -0.146. The molecule has 0 spiro atoms. The van der Waals surface area contributed by atoms with Crippen LogP contribution in [0.25, 0.3) is 0 Å². The quantitative estimate of drug-likeness (QED) is 0.514. The number of nitrogens with zero attached hydrogens (tertiary/aromatic N) is 1. The van der Waals surface area contributed by atoms with Crippen molar-refractivity contribution in [3.8, 4) is 0 Å². The molecule has 1 fully saturated rings. The van der Waals surface area contributed by atoms with Gasteiger partial charge in [-0.3, -0.25) is 19.8 Å². The van der Waals surface area contributed by atoms with Gasteiger partial charge in [0.15, 0.2) is 0 Å². The van der Waals surface area contributed by atoms with Crippen LogP contribution >= 0.6 is 0 Å². The van der Waals surface area contributed by atoms with E-state index in [1.165, 1.54) is 14.0 Å². The number of urea groups is 1. The highest BCUT2D eigenvalue weighted by Gasteiger charge is 2.51. The fraction of sp³-hybridized carbons (Fsp3) is 0.583. The second kappa shape index (κ2) is 4.20. The van der Waals surface area contributed by atoms with Gasteiger partial charge in [0, 0.05) is 7.05 Å². The molecule has 1 saturated heterocycles. The first-order valence-corrected chi connectivity index (χ1v) is 5.90. The van der Waals surface area contributed by atoms with Crippen molar-refractivity contribution in [1.29, 1.82) is 0 Å². The van der Waals surface area contributed by atoms with E-state index in [0.717, 1.165) is 11.3 Å². The summed E-state index contributed by atoms with van der Waals surface area (Å²) in [5.74, 6) is -1.16. The molecule has 0 radical (unpaired) electrons. The highest BCUT2D eigenvalue weighted by Crippen LogP contribution is 2.37. The molecule has 98 valence electrons. The number of barbiturate groups is 1. The second-order valence-electron chi connectivity index (χ2n) is 4.90. The third kappa shape index (κ3) is 1.73. The summed E-state index contributed by atoms with van der Waals surface area (Å²) >= 11 is 0. The zero-order valence-corrected chi connectivity index (χ0v) is 10.4. The molecule has 1 aliphatic heterocycles. The minimum absolute atomic E-state index is 0.545. The Labute approximate surface area is 105 Å². The van der Waals surface area contributed by atoms with Crippen LogP contribution in [0.15, 0.2) is 11.6 Å². The van der Waals surface area contributed by atoms with Gasteiger partial charge in [0.1, 0.15) is 5.41 Å². The lowest BCUT2D eigenvalue weighted by Gasteiger charge is -2.38. The Morgan fingerprint density at radius 3 is 2.72 bits per heavy atom. The maximum atomic E-state index is 12.2. The van der Waals surface area contributed by atoms with E-state index in [9.17, 15) is 19.5 Å². The Morgan fingerprint density at radius 1 is 1.44 bits per heavy atom. The standard InChI is InChI=1S/C12H16N2O4/c1-12(7-4-3-5-8(15)6-7)9(16)13-11(18)14(2)10(12)17/h6,8,15H,3-5H2,1-2H3,(H,13,16,18)/t8?,12-/m0/s1. The van der Waals surface area contributed by atoms with Crippen LogP contribution in [0.4, 0.5) is 4.79 Å². The van der Waals surface area contributed by atoms with Crippen molar-refractivity contribution in [2.45, 2.75) is 32.3 Å². The Balaban J connectivity index is 2.42. The highest BCUT2D eigenvalue weighted by atomic mass is 16.3. The number of hydrogen-bond acceptors (Lipinski definition) is 4. The molecule has 0 aromatic heterocycles. The van der Waals surface area contributed by atoms with Crippen LogP contribution in [0, 0.1) is 5.41 Å². The summed E-state index contributed by atoms with van der Waals surface area (Å²) in [4.78, 5) is 36.4. The van der Waals surface area contributed by atoms with Gasteiger partial charge in [0.25, 0.3) is 0 Å². The second-order valence-corrected chi connectivity index (χ2v) is 4.90. The minimum atomic E-state index is -1.38. The SMILES string of the molecule is CN1C(=O)NC(=O)[C@](C)(C2=CC(O)CCC2)C1=O. The lowest BCUT2D eigenvalue weighted by atomic mass is 9.74. The molecule has 0 aromatic carbocycles. The first kappa shape index (κ1) is 12.8. The van der Waals surface area contributed by atoms with Gasteiger partial charge < -0.3 is 5.11 Å². The van der Waals surface area contributed by atoms with Crippen molar-refractivity contribution in [2.24, 2.45) is 5.41 Å². The summed E-state index contributed by atoms with van der Waals surface area (Å²) in [6.07, 6.45) is 2.86. The number of carbonyl (C=O) groups excluding carboxylic acids is 3. The lowest BCUT2D eigenvalue weighted by Crippen LogP contribution is -2.62. The molecular weight excluding hydrogens is 236 g/mol. The summed E-state index contributed by atoms with van der Waals surface area (Å²) in [6.45, 7) is 1.50. The molecule has 0 aromatic rings. The van der Waals surface area contributed by atoms with E-state index >= 15 is 0 Å². The normalized spacial score (nSPS) is 33.3. The predicted molar refractivity (Wildman–Crippen MR) is 62.4 cm³/mol. The van der Waals surface area contributed by atoms with Gasteiger partial charge in [-0.1, -0.05) is 6.08 Å². The van der Waals surface area contributed by atoms with Gasteiger partial charge in [-0.2, -0.15) is 0 Å². The van der Waals surface area contributed by atoms with Gasteiger partial charge in [0.2, 0.25) is 11.8 Å². The molecule has 2 N–H and O–H groups in total. The molecule has 1 heterocycles. The molecule has 2 aliphatic rings. The van der Waals surface area contributed by atoms with Gasteiger partial charge in [-0.15, -0.1) is 0 Å². The topological polar surface area (TPSA) is 86.7 Å². The monoisotopic (exact) mass is 252 g/mol. The van der Waals surface area contributed by atoms with E-state index in [2.05, 4.69) is 5.32 Å². The van der Waals surface area contributed by atoms with Gasteiger partial charge in [0.05, 0.1) is 6.10 Å². The first-order chi connectivity index (χ1) is 8.37. The van der Waals surface area contributed by atoms with Crippen LogP contribution in [-0.2, 0) is 9.59 Å². The van der Waals surface area contributed by atoms with Gasteiger partial charge >= 0.3 is 6.03 Å². The van der Waals surface area contributed by atoms with Crippen molar-refractivity contribution in [1.82, 2.24) is 10.2 Å². The number of nitrogens with one attached hydrogen (secondary N) is 1. The molecule has 6 nitrogen and oxygen atoms in total. The highest BCUT2D eigenvalue weighted by molar-refractivity contribution is 6.20. The van der Waals surface area contributed by atoms with Crippen molar-refractivity contribution >= 4 is 17.8 Å². The third-order valence-corrected chi connectivity index (χ3v) is 3.69. The maximum Gasteiger partial charge on any atom is 0.330 e. The summed E-state index contributed by atoms with van der Waals surface area (Å²) in [5, 5.41) is 11.8. The average Bonchev–Trinajstić information content (AvgIpc) is 2.34. The Morgan fingerprint density at radius 2 is 2.11 bits per heavy atom. The van der Waals surface area contributed by atoms with Crippen LogP contribution in [0.3, 0.4) is 0 Å². The fourth-order valence-corrected chi connectivity index (χ4v) is 2.43. The zero-order chi connectivity index (χ0) is 13.5. The molecule has 18 heavy (non-hydrogen) atoms. The summed E-state index contributed by atoms with van der Waals surface area (Å²) in [6, 6.07) is -0.709. The number of aliphatic hydroxyl groups is 1. The number of rotatable bonds is 1. The molecule has 4 amide bonds. The number of hydrogen-bond donors (Lipinski definition) is 2. The van der Waals surface area contributed by atoms with Crippen LogP contribution in [-0.4, -0.2) is 41.0 Å². The van der Waals surface area contributed by atoms with Crippen LogP contribution in [0.2, 0.25) is 0 Å². The number of imide groups is 2. The van der Waals surface area contributed by atoms with Crippen LogP contribution < -0.4 is 5.32 Å². The largest absolute Gasteiger partial charge is 0.389 e. The molecule has 1 aliphatic carbocycles.